The minimum absolute atomic E-state index is 0.383. The molecule has 0 spiro atoms. The van der Waals surface area contributed by atoms with Crippen molar-refractivity contribution in [1.29, 1.82) is 0 Å². The van der Waals surface area contributed by atoms with Crippen LogP contribution in [0.5, 0.6) is 0 Å². The molecule has 0 aromatic heterocycles. The quantitative estimate of drug-likeness (QED) is 0.539. The molecule has 2 atom stereocenters. The molecule has 5 heteroatoms. The maximum atomic E-state index is 11.4. The molecule has 2 unspecified atom stereocenters. The molecule has 0 radical (unpaired) electrons. The van der Waals surface area contributed by atoms with Gasteiger partial charge in [0.2, 0.25) is 5.91 Å². The summed E-state index contributed by atoms with van der Waals surface area (Å²) < 4.78 is 0. The summed E-state index contributed by atoms with van der Waals surface area (Å²) in [6, 6.07) is -1.43. The number of aliphatic carboxylic acids is 1. The SMILES string of the molecule is CCCCCC(NC(=O)C(N)CC)C(=O)O. The summed E-state index contributed by atoms with van der Waals surface area (Å²) in [5.74, 6) is -1.38. The van der Waals surface area contributed by atoms with Gasteiger partial charge in [-0.1, -0.05) is 33.1 Å². The van der Waals surface area contributed by atoms with Gasteiger partial charge in [0.15, 0.2) is 0 Å². The zero-order valence-electron chi connectivity index (χ0n) is 10.0. The lowest BCUT2D eigenvalue weighted by Gasteiger charge is -2.16. The van der Waals surface area contributed by atoms with Gasteiger partial charge < -0.3 is 16.2 Å². The maximum absolute atomic E-state index is 11.4. The zero-order chi connectivity index (χ0) is 12.6. The van der Waals surface area contributed by atoms with Crippen molar-refractivity contribution in [1.82, 2.24) is 5.32 Å². The Kier molecular flexibility index (Phi) is 7.54. The molecule has 0 rings (SSSR count). The van der Waals surface area contributed by atoms with Crippen LogP contribution < -0.4 is 11.1 Å². The monoisotopic (exact) mass is 230 g/mol. The zero-order valence-corrected chi connectivity index (χ0v) is 10.0. The molecule has 0 aliphatic heterocycles. The van der Waals surface area contributed by atoms with Gasteiger partial charge in [0.05, 0.1) is 6.04 Å². The van der Waals surface area contributed by atoms with Crippen LogP contribution in [0.25, 0.3) is 0 Å². The highest BCUT2D eigenvalue weighted by Crippen LogP contribution is 2.04. The van der Waals surface area contributed by atoms with Gasteiger partial charge in [-0.2, -0.15) is 0 Å². The van der Waals surface area contributed by atoms with Crippen LogP contribution in [0, 0.1) is 0 Å². The van der Waals surface area contributed by atoms with E-state index in [1.807, 2.05) is 6.92 Å². The molecule has 0 aromatic carbocycles. The van der Waals surface area contributed by atoms with Gasteiger partial charge in [0, 0.05) is 0 Å². The summed E-state index contributed by atoms with van der Waals surface area (Å²) in [6.45, 7) is 3.83. The Morgan fingerprint density at radius 2 is 1.94 bits per heavy atom. The van der Waals surface area contributed by atoms with E-state index in [9.17, 15) is 9.59 Å². The Labute approximate surface area is 96.4 Å². The predicted molar refractivity (Wildman–Crippen MR) is 62.0 cm³/mol. The molecule has 0 fully saturated rings. The number of hydrogen-bond donors (Lipinski definition) is 3. The molecule has 16 heavy (non-hydrogen) atoms. The number of amides is 1. The number of unbranched alkanes of at least 4 members (excludes halogenated alkanes) is 2. The Balaban J connectivity index is 4.12. The number of carboxylic acids is 1. The van der Waals surface area contributed by atoms with E-state index in [1.54, 1.807) is 6.92 Å². The van der Waals surface area contributed by atoms with E-state index in [-0.39, 0.29) is 5.91 Å². The fraction of sp³-hybridized carbons (Fsp3) is 0.818. The molecule has 0 aromatic rings. The van der Waals surface area contributed by atoms with Crippen molar-refractivity contribution >= 4 is 11.9 Å². The molecule has 0 saturated carbocycles. The van der Waals surface area contributed by atoms with Crippen LogP contribution in [-0.4, -0.2) is 29.1 Å². The van der Waals surface area contributed by atoms with Gasteiger partial charge in [0.1, 0.15) is 6.04 Å². The summed E-state index contributed by atoms with van der Waals surface area (Å²) in [4.78, 5) is 22.3. The number of nitrogens with one attached hydrogen (secondary N) is 1. The van der Waals surface area contributed by atoms with E-state index < -0.39 is 18.1 Å². The third-order valence-electron chi connectivity index (χ3n) is 2.49. The van der Waals surface area contributed by atoms with Gasteiger partial charge in [-0.15, -0.1) is 0 Å². The standard InChI is InChI=1S/C11H22N2O3/c1-3-5-6-7-9(11(15)16)13-10(14)8(12)4-2/h8-9H,3-7,12H2,1-2H3,(H,13,14)(H,15,16). The molecule has 94 valence electrons. The second-order valence-electron chi connectivity index (χ2n) is 3.91. The van der Waals surface area contributed by atoms with Gasteiger partial charge in [-0.3, -0.25) is 4.79 Å². The van der Waals surface area contributed by atoms with Crippen molar-refractivity contribution in [3.8, 4) is 0 Å². The lowest BCUT2D eigenvalue weighted by Crippen LogP contribution is -2.48. The molecule has 4 N–H and O–H groups in total. The maximum Gasteiger partial charge on any atom is 0.326 e. The first-order chi connectivity index (χ1) is 7.52. The second kappa shape index (κ2) is 8.10. The van der Waals surface area contributed by atoms with E-state index in [0.717, 1.165) is 19.3 Å². The summed E-state index contributed by atoms with van der Waals surface area (Å²) in [6.07, 6.45) is 3.77. The molecule has 5 nitrogen and oxygen atoms in total. The summed E-state index contributed by atoms with van der Waals surface area (Å²) in [7, 11) is 0. The van der Waals surface area contributed by atoms with Crippen LogP contribution >= 0.6 is 0 Å². The van der Waals surface area contributed by atoms with Crippen LogP contribution in [-0.2, 0) is 9.59 Å². The average Bonchev–Trinajstić information content (AvgIpc) is 2.26. The molecule has 0 aliphatic rings. The third-order valence-corrected chi connectivity index (χ3v) is 2.49. The predicted octanol–water partition coefficient (Wildman–Crippen LogP) is 0.873. The summed E-state index contributed by atoms with van der Waals surface area (Å²) in [5.41, 5.74) is 5.51. The molecule has 1 amide bonds. The number of carbonyl (C=O) groups is 2. The highest BCUT2D eigenvalue weighted by atomic mass is 16.4. The molecule has 0 saturated heterocycles. The normalized spacial score (nSPS) is 14.2. The Bertz CT molecular complexity index is 231. The Morgan fingerprint density at radius 3 is 2.38 bits per heavy atom. The average molecular weight is 230 g/mol. The molecule has 0 bridgehead atoms. The van der Waals surface area contributed by atoms with Gasteiger partial charge in [-0.25, -0.2) is 4.79 Å². The lowest BCUT2D eigenvalue weighted by atomic mass is 10.1. The van der Waals surface area contributed by atoms with E-state index >= 15 is 0 Å². The number of nitrogens with two attached hydrogens (primary N) is 1. The second-order valence-corrected chi connectivity index (χ2v) is 3.91. The highest BCUT2D eigenvalue weighted by molar-refractivity contribution is 5.86. The Morgan fingerprint density at radius 1 is 1.31 bits per heavy atom. The van der Waals surface area contributed by atoms with Crippen LogP contribution in [0.4, 0.5) is 0 Å². The highest BCUT2D eigenvalue weighted by Gasteiger charge is 2.21. The van der Waals surface area contributed by atoms with Crippen LogP contribution in [0.3, 0.4) is 0 Å². The van der Waals surface area contributed by atoms with E-state index in [4.69, 9.17) is 10.8 Å². The molecular formula is C11H22N2O3. The number of rotatable bonds is 8. The topological polar surface area (TPSA) is 92.4 Å². The van der Waals surface area contributed by atoms with E-state index in [2.05, 4.69) is 5.32 Å². The summed E-state index contributed by atoms with van der Waals surface area (Å²) in [5, 5.41) is 11.4. The van der Waals surface area contributed by atoms with E-state index in [1.165, 1.54) is 0 Å². The van der Waals surface area contributed by atoms with Crippen molar-refractivity contribution < 1.29 is 14.7 Å². The largest absolute Gasteiger partial charge is 0.480 e. The van der Waals surface area contributed by atoms with Gasteiger partial charge in [-0.05, 0) is 12.8 Å². The first-order valence-corrected chi connectivity index (χ1v) is 5.81. The lowest BCUT2D eigenvalue weighted by molar-refractivity contribution is -0.142. The first-order valence-electron chi connectivity index (χ1n) is 5.81. The van der Waals surface area contributed by atoms with Crippen molar-refractivity contribution in [2.24, 2.45) is 5.73 Å². The molecule has 0 heterocycles. The fourth-order valence-corrected chi connectivity index (χ4v) is 1.32. The van der Waals surface area contributed by atoms with Crippen molar-refractivity contribution in [2.45, 2.75) is 58.0 Å². The molecule has 0 aliphatic carbocycles. The fourth-order valence-electron chi connectivity index (χ4n) is 1.32. The first kappa shape index (κ1) is 14.9. The smallest absolute Gasteiger partial charge is 0.326 e. The number of carboxylic acid groups (broad SMARTS) is 1. The van der Waals surface area contributed by atoms with Crippen LogP contribution in [0.1, 0.15) is 46.0 Å². The van der Waals surface area contributed by atoms with Crippen molar-refractivity contribution in [3.05, 3.63) is 0 Å². The Hall–Kier alpha value is -1.10. The van der Waals surface area contributed by atoms with Crippen LogP contribution in [0.2, 0.25) is 0 Å². The number of hydrogen-bond acceptors (Lipinski definition) is 3. The van der Waals surface area contributed by atoms with Crippen molar-refractivity contribution in [2.75, 3.05) is 0 Å². The third kappa shape index (κ3) is 5.70. The molecular weight excluding hydrogens is 208 g/mol. The summed E-state index contributed by atoms with van der Waals surface area (Å²) >= 11 is 0. The van der Waals surface area contributed by atoms with E-state index in [0.29, 0.717) is 12.8 Å². The minimum atomic E-state index is -0.993. The van der Waals surface area contributed by atoms with Gasteiger partial charge >= 0.3 is 5.97 Å². The number of carbonyl (C=O) groups excluding carboxylic acids is 1. The van der Waals surface area contributed by atoms with Crippen LogP contribution in [0.15, 0.2) is 0 Å². The minimum Gasteiger partial charge on any atom is -0.480 e. The van der Waals surface area contributed by atoms with Gasteiger partial charge in [0.25, 0.3) is 0 Å². The van der Waals surface area contributed by atoms with Crippen molar-refractivity contribution in [3.63, 3.8) is 0 Å².